The maximum absolute atomic E-state index is 10.6. The normalized spacial score (nSPS) is 19.6. The molecule has 3 N–H and O–H groups in total. The zero-order valence-corrected chi connectivity index (χ0v) is 12.2. The molecule has 0 aromatic heterocycles. The van der Waals surface area contributed by atoms with Crippen LogP contribution in [-0.2, 0) is 0 Å². The van der Waals surface area contributed by atoms with Crippen LogP contribution in [0, 0.1) is 5.92 Å². The Balaban J connectivity index is 2.42. The highest BCUT2D eigenvalue weighted by atomic mass is 16.2. The molecule has 106 valence electrons. The Morgan fingerprint density at radius 1 is 1.53 bits per heavy atom. The van der Waals surface area contributed by atoms with Crippen LogP contribution in [0.15, 0.2) is 28.4 Å². The van der Waals surface area contributed by atoms with Crippen LogP contribution in [-0.4, -0.2) is 11.7 Å². The number of hydrogen-bond acceptors (Lipinski definition) is 2. The SMILES string of the molecule is CC(C)=CCCC1=CC[C@H](/C(C)=N\NC(N)=O)CC1. The van der Waals surface area contributed by atoms with Gasteiger partial charge >= 0.3 is 6.03 Å². The van der Waals surface area contributed by atoms with Crippen molar-refractivity contribution in [1.29, 1.82) is 0 Å². The first-order valence-corrected chi connectivity index (χ1v) is 6.90. The number of amides is 2. The molecule has 1 atom stereocenters. The number of hydrogen-bond donors (Lipinski definition) is 2. The van der Waals surface area contributed by atoms with Gasteiger partial charge in [-0.15, -0.1) is 0 Å². The average Bonchev–Trinajstić information content (AvgIpc) is 2.36. The minimum Gasteiger partial charge on any atom is -0.350 e. The summed E-state index contributed by atoms with van der Waals surface area (Å²) >= 11 is 0. The molecule has 0 saturated heterocycles. The van der Waals surface area contributed by atoms with Crippen molar-refractivity contribution in [2.75, 3.05) is 0 Å². The molecular weight excluding hydrogens is 238 g/mol. The van der Waals surface area contributed by atoms with E-state index >= 15 is 0 Å². The Labute approximate surface area is 115 Å². The molecule has 0 saturated carbocycles. The summed E-state index contributed by atoms with van der Waals surface area (Å²) in [4.78, 5) is 10.6. The highest BCUT2D eigenvalue weighted by Gasteiger charge is 2.16. The molecular formula is C15H25N3O. The topological polar surface area (TPSA) is 67.5 Å². The fraction of sp³-hybridized carbons (Fsp3) is 0.600. The lowest BCUT2D eigenvalue weighted by Gasteiger charge is -2.21. The summed E-state index contributed by atoms with van der Waals surface area (Å²) in [6.45, 7) is 6.22. The number of urea groups is 1. The van der Waals surface area contributed by atoms with E-state index in [0.717, 1.165) is 37.8 Å². The molecule has 1 aliphatic rings. The molecule has 19 heavy (non-hydrogen) atoms. The van der Waals surface area contributed by atoms with Crippen LogP contribution in [0.2, 0.25) is 0 Å². The molecule has 0 heterocycles. The number of nitrogens with one attached hydrogen (secondary N) is 1. The van der Waals surface area contributed by atoms with Gasteiger partial charge in [-0.2, -0.15) is 5.10 Å². The second-order valence-electron chi connectivity index (χ2n) is 5.38. The maximum Gasteiger partial charge on any atom is 0.332 e. The second kappa shape index (κ2) is 7.77. The summed E-state index contributed by atoms with van der Waals surface area (Å²) in [5.41, 5.74) is 11.2. The highest BCUT2D eigenvalue weighted by molar-refractivity contribution is 5.86. The zero-order chi connectivity index (χ0) is 14.3. The van der Waals surface area contributed by atoms with E-state index in [1.165, 1.54) is 5.57 Å². The number of primary amides is 1. The van der Waals surface area contributed by atoms with Crippen LogP contribution in [0.3, 0.4) is 0 Å². The van der Waals surface area contributed by atoms with E-state index in [9.17, 15) is 4.79 Å². The van der Waals surface area contributed by atoms with Crippen LogP contribution in [0.25, 0.3) is 0 Å². The molecule has 0 radical (unpaired) electrons. The highest BCUT2D eigenvalue weighted by Crippen LogP contribution is 2.27. The lowest BCUT2D eigenvalue weighted by Crippen LogP contribution is -2.27. The van der Waals surface area contributed by atoms with E-state index in [0.29, 0.717) is 5.92 Å². The molecule has 4 nitrogen and oxygen atoms in total. The summed E-state index contributed by atoms with van der Waals surface area (Å²) in [5.74, 6) is 0.430. The minimum atomic E-state index is -0.604. The van der Waals surface area contributed by atoms with Crippen LogP contribution >= 0.6 is 0 Å². The lowest BCUT2D eigenvalue weighted by atomic mass is 9.85. The van der Waals surface area contributed by atoms with Gasteiger partial charge in [0.15, 0.2) is 0 Å². The van der Waals surface area contributed by atoms with Crippen molar-refractivity contribution in [3.05, 3.63) is 23.3 Å². The maximum atomic E-state index is 10.6. The third-order valence-electron chi connectivity index (χ3n) is 3.46. The van der Waals surface area contributed by atoms with E-state index in [1.807, 2.05) is 6.92 Å². The number of rotatable bonds is 5. The number of carbonyl (C=O) groups excluding carboxylic acids is 1. The molecule has 2 amide bonds. The van der Waals surface area contributed by atoms with Crippen molar-refractivity contribution < 1.29 is 4.79 Å². The number of nitrogens with two attached hydrogens (primary N) is 1. The number of nitrogens with zero attached hydrogens (tertiary/aromatic N) is 1. The number of carbonyl (C=O) groups is 1. The molecule has 4 heteroatoms. The largest absolute Gasteiger partial charge is 0.350 e. The van der Waals surface area contributed by atoms with Gasteiger partial charge in [0.05, 0.1) is 0 Å². The van der Waals surface area contributed by atoms with Gasteiger partial charge in [-0.3, -0.25) is 0 Å². The molecule has 0 bridgehead atoms. The molecule has 1 rings (SSSR count). The van der Waals surface area contributed by atoms with Gasteiger partial charge in [-0.25, -0.2) is 10.2 Å². The monoisotopic (exact) mass is 263 g/mol. The first-order chi connectivity index (χ1) is 8.99. The zero-order valence-electron chi connectivity index (χ0n) is 12.2. The van der Waals surface area contributed by atoms with Crippen molar-refractivity contribution in [3.8, 4) is 0 Å². The molecule has 0 aliphatic heterocycles. The first kappa shape index (κ1) is 15.5. The van der Waals surface area contributed by atoms with E-state index in [4.69, 9.17) is 5.73 Å². The van der Waals surface area contributed by atoms with Gasteiger partial charge in [-0.05, 0) is 52.9 Å². The van der Waals surface area contributed by atoms with Gasteiger partial charge in [0.25, 0.3) is 0 Å². The molecule has 0 aromatic rings. The van der Waals surface area contributed by atoms with Crippen LogP contribution < -0.4 is 11.2 Å². The fourth-order valence-corrected chi connectivity index (χ4v) is 2.28. The molecule has 0 aromatic carbocycles. The third kappa shape index (κ3) is 6.22. The average molecular weight is 263 g/mol. The summed E-state index contributed by atoms with van der Waals surface area (Å²) < 4.78 is 0. The molecule has 1 aliphatic carbocycles. The van der Waals surface area contributed by atoms with Gasteiger partial charge in [0.2, 0.25) is 0 Å². The van der Waals surface area contributed by atoms with Crippen LogP contribution in [0.4, 0.5) is 4.79 Å². The van der Waals surface area contributed by atoms with Crippen LogP contribution in [0.5, 0.6) is 0 Å². The standard InChI is InChI=1S/C15H25N3O/c1-11(2)5-4-6-13-7-9-14(10-8-13)12(3)17-18-15(16)19/h5,7,14H,4,6,8-10H2,1-3H3,(H3,16,18,19)/b17-12-/t14-/m0/s1. The second-order valence-corrected chi connectivity index (χ2v) is 5.38. The van der Waals surface area contributed by atoms with Crippen molar-refractivity contribution in [2.45, 2.75) is 52.9 Å². The Morgan fingerprint density at radius 3 is 2.79 bits per heavy atom. The van der Waals surface area contributed by atoms with E-state index < -0.39 is 6.03 Å². The molecule has 0 spiro atoms. The molecule has 0 unspecified atom stereocenters. The van der Waals surface area contributed by atoms with Gasteiger partial charge in [0, 0.05) is 11.6 Å². The van der Waals surface area contributed by atoms with Crippen molar-refractivity contribution in [2.24, 2.45) is 16.8 Å². The van der Waals surface area contributed by atoms with Crippen molar-refractivity contribution in [1.82, 2.24) is 5.43 Å². The van der Waals surface area contributed by atoms with Gasteiger partial charge < -0.3 is 5.73 Å². The smallest absolute Gasteiger partial charge is 0.332 e. The van der Waals surface area contributed by atoms with Crippen LogP contribution in [0.1, 0.15) is 52.9 Å². The predicted octanol–water partition coefficient (Wildman–Crippen LogP) is 3.50. The van der Waals surface area contributed by atoms with Crippen molar-refractivity contribution in [3.63, 3.8) is 0 Å². The molecule has 0 fully saturated rings. The Kier molecular flexibility index (Phi) is 6.33. The van der Waals surface area contributed by atoms with E-state index in [1.54, 1.807) is 5.57 Å². The quantitative estimate of drug-likeness (QED) is 0.445. The van der Waals surface area contributed by atoms with Gasteiger partial charge in [-0.1, -0.05) is 23.3 Å². The predicted molar refractivity (Wildman–Crippen MR) is 79.9 cm³/mol. The number of hydrazone groups is 1. The minimum absolute atomic E-state index is 0.430. The van der Waals surface area contributed by atoms with E-state index in [2.05, 4.69) is 36.5 Å². The Hall–Kier alpha value is -1.58. The lowest BCUT2D eigenvalue weighted by molar-refractivity contribution is 0.249. The Morgan fingerprint density at radius 2 is 2.26 bits per heavy atom. The summed E-state index contributed by atoms with van der Waals surface area (Å²) in [5, 5.41) is 4.01. The summed E-state index contributed by atoms with van der Waals surface area (Å²) in [6.07, 6.45) is 10.2. The summed E-state index contributed by atoms with van der Waals surface area (Å²) in [6, 6.07) is -0.604. The number of allylic oxidation sites excluding steroid dienone is 4. The van der Waals surface area contributed by atoms with Crippen molar-refractivity contribution >= 4 is 11.7 Å². The van der Waals surface area contributed by atoms with Gasteiger partial charge in [0.1, 0.15) is 0 Å². The third-order valence-corrected chi connectivity index (χ3v) is 3.46. The summed E-state index contributed by atoms with van der Waals surface area (Å²) in [7, 11) is 0. The first-order valence-electron chi connectivity index (χ1n) is 6.90. The Bertz CT molecular complexity index is 404. The van der Waals surface area contributed by atoms with E-state index in [-0.39, 0.29) is 0 Å². The fourth-order valence-electron chi connectivity index (χ4n) is 2.28.